The van der Waals surface area contributed by atoms with Crippen molar-refractivity contribution in [2.24, 2.45) is 11.8 Å². The van der Waals surface area contributed by atoms with Crippen molar-refractivity contribution in [3.05, 3.63) is 34.9 Å². The third-order valence-corrected chi connectivity index (χ3v) is 4.57. The summed E-state index contributed by atoms with van der Waals surface area (Å²) < 4.78 is 0. The third-order valence-electron chi connectivity index (χ3n) is 4.57. The topological polar surface area (TPSA) is 38.0 Å². The van der Waals surface area contributed by atoms with E-state index in [1.54, 1.807) is 0 Å². The van der Waals surface area contributed by atoms with Gasteiger partial charge >= 0.3 is 0 Å². The lowest BCUT2D eigenvalue weighted by atomic mass is 9.81. The average Bonchev–Trinajstić information content (AvgIpc) is 2.36. The number of hydrogen-bond donors (Lipinski definition) is 2. The molecule has 0 amide bonds. The lowest BCUT2D eigenvalue weighted by molar-refractivity contribution is 0.290. The Morgan fingerprint density at radius 3 is 2.32 bits per heavy atom. The summed E-state index contributed by atoms with van der Waals surface area (Å²) in [5.41, 5.74) is 7.18. The Bertz CT molecular complexity index is 392. The Hall–Kier alpha value is -0.860. The summed E-state index contributed by atoms with van der Waals surface area (Å²) in [7, 11) is 0. The molecule has 106 valence electrons. The SMILES string of the molecule is Cc1ccc(C)c(C(NN)C2CCCCCCC2)c1. The highest BCUT2D eigenvalue weighted by Gasteiger charge is 2.23. The van der Waals surface area contributed by atoms with Gasteiger partial charge in [0.2, 0.25) is 0 Å². The summed E-state index contributed by atoms with van der Waals surface area (Å²) in [6, 6.07) is 7.03. The molecule has 1 aliphatic carbocycles. The van der Waals surface area contributed by atoms with Gasteiger partial charge in [0, 0.05) is 6.04 Å². The van der Waals surface area contributed by atoms with E-state index in [4.69, 9.17) is 5.84 Å². The van der Waals surface area contributed by atoms with Crippen LogP contribution in [0.2, 0.25) is 0 Å². The van der Waals surface area contributed by atoms with E-state index in [1.165, 1.54) is 61.6 Å². The average molecular weight is 260 g/mol. The van der Waals surface area contributed by atoms with E-state index in [0.29, 0.717) is 12.0 Å². The fourth-order valence-electron chi connectivity index (χ4n) is 3.40. The molecule has 2 rings (SSSR count). The molecule has 2 nitrogen and oxygen atoms in total. The van der Waals surface area contributed by atoms with Gasteiger partial charge < -0.3 is 0 Å². The van der Waals surface area contributed by atoms with E-state index in [-0.39, 0.29) is 0 Å². The van der Waals surface area contributed by atoms with Gasteiger partial charge in [-0.25, -0.2) is 0 Å². The van der Waals surface area contributed by atoms with Crippen LogP contribution in [-0.2, 0) is 0 Å². The van der Waals surface area contributed by atoms with Crippen LogP contribution in [0.1, 0.15) is 67.7 Å². The van der Waals surface area contributed by atoms with E-state index in [2.05, 4.69) is 37.5 Å². The maximum Gasteiger partial charge on any atom is 0.0490 e. The Labute approximate surface area is 117 Å². The second-order valence-corrected chi connectivity index (χ2v) is 6.11. The smallest absolute Gasteiger partial charge is 0.0490 e. The molecule has 3 N–H and O–H groups in total. The molecule has 1 saturated carbocycles. The molecule has 0 heterocycles. The van der Waals surface area contributed by atoms with Crippen molar-refractivity contribution < 1.29 is 0 Å². The zero-order valence-corrected chi connectivity index (χ0v) is 12.4. The zero-order valence-electron chi connectivity index (χ0n) is 12.4. The lowest BCUT2D eigenvalue weighted by Gasteiger charge is -2.30. The fourth-order valence-corrected chi connectivity index (χ4v) is 3.40. The second kappa shape index (κ2) is 7.06. The van der Waals surface area contributed by atoms with Crippen LogP contribution >= 0.6 is 0 Å². The molecular weight excluding hydrogens is 232 g/mol. The minimum absolute atomic E-state index is 0.318. The number of aryl methyl sites for hydroxylation is 2. The highest BCUT2D eigenvalue weighted by Crippen LogP contribution is 2.34. The second-order valence-electron chi connectivity index (χ2n) is 6.11. The van der Waals surface area contributed by atoms with Crippen LogP contribution in [0.25, 0.3) is 0 Å². The number of nitrogens with one attached hydrogen (secondary N) is 1. The van der Waals surface area contributed by atoms with Crippen molar-refractivity contribution in [2.75, 3.05) is 0 Å². The van der Waals surface area contributed by atoms with Gasteiger partial charge in [0.15, 0.2) is 0 Å². The molecular formula is C17H28N2. The minimum Gasteiger partial charge on any atom is -0.271 e. The monoisotopic (exact) mass is 260 g/mol. The summed E-state index contributed by atoms with van der Waals surface area (Å²) in [6.07, 6.45) is 9.52. The molecule has 1 aromatic rings. The summed E-state index contributed by atoms with van der Waals surface area (Å²) in [4.78, 5) is 0. The van der Waals surface area contributed by atoms with Crippen molar-refractivity contribution in [1.82, 2.24) is 5.43 Å². The molecule has 1 aromatic carbocycles. The molecule has 1 fully saturated rings. The van der Waals surface area contributed by atoms with Gasteiger partial charge in [0.05, 0.1) is 0 Å². The van der Waals surface area contributed by atoms with E-state index in [9.17, 15) is 0 Å². The molecule has 0 radical (unpaired) electrons. The molecule has 2 heteroatoms. The number of hydrogen-bond acceptors (Lipinski definition) is 2. The first-order chi connectivity index (χ1) is 9.22. The molecule has 1 unspecified atom stereocenters. The first-order valence-electron chi connectivity index (χ1n) is 7.75. The maximum atomic E-state index is 5.89. The van der Waals surface area contributed by atoms with Crippen molar-refractivity contribution in [1.29, 1.82) is 0 Å². The van der Waals surface area contributed by atoms with Crippen molar-refractivity contribution in [2.45, 2.75) is 64.8 Å². The Morgan fingerprint density at radius 1 is 1.05 bits per heavy atom. The fraction of sp³-hybridized carbons (Fsp3) is 0.647. The van der Waals surface area contributed by atoms with Crippen molar-refractivity contribution in [3.8, 4) is 0 Å². The zero-order chi connectivity index (χ0) is 13.7. The largest absolute Gasteiger partial charge is 0.271 e. The van der Waals surface area contributed by atoms with E-state index in [1.807, 2.05) is 0 Å². The van der Waals surface area contributed by atoms with Crippen LogP contribution in [-0.4, -0.2) is 0 Å². The number of nitrogens with two attached hydrogens (primary N) is 1. The quantitative estimate of drug-likeness (QED) is 0.632. The highest BCUT2D eigenvalue weighted by molar-refractivity contribution is 5.33. The first kappa shape index (κ1) is 14.5. The molecule has 1 atom stereocenters. The first-order valence-corrected chi connectivity index (χ1v) is 7.75. The number of benzene rings is 1. The Balaban J connectivity index is 2.19. The number of rotatable bonds is 3. The van der Waals surface area contributed by atoms with E-state index < -0.39 is 0 Å². The van der Waals surface area contributed by atoms with Crippen LogP contribution in [0.3, 0.4) is 0 Å². The Kier molecular flexibility index (Phi) is 5.41. The van der Waals surface area contributed by atoms with Crippen LogP contribution in [0.15, 0.2) is 18.2 Å². The lowest BCUT2D eigenvalue weighted by Crippen LogP contribution is -2.34. The van der Waals surface area contributed by atoms with E-state index >= 15 is 0 Å². The molecule has 19 heavy (non-hydrogen) atoms. The van der Waals surface area contributed by atoms with Crippen molar-refractivity contribution in [3.63, 3.8) is 0 Å². The van der Waals surface area contributed by atoms with E-state index in [0.717, 1.165) is 0 Å². The summed E-state index contributed by atoms with van der Waals surface area (Å²) in [5, 5.41) is 0. The van der Waals surface area contributed by atoms with Crippen molar-refractivity contribution >= 4 is 0 Å². The molecule has 0 saturated heterocycles. The highest BCUT2D eigenvalue weighted by atomic mass is 15.2. The Morgan fingerprint density at radius 2 is 1.68 bits per heavy atom. The predicted octanol–water partition coefficient (Wildman–Crippen LogP) is 4.17. The molecule has 0 aromatic heterocycles. The maximum absolute atomic E-state index is 5.89. The van der Waals surface area contributed by atoms with Gasteiger partial charge in [-0.15, -0.1) is 0 Å². The molecule has 0 aliphatic heterocycles. The molecule has 0 spiro atoms. The number of hydrazine groups is 1. The van der Waals surface area contributed by atoms with Gasteiger partial charge in [-0.3, -0.25) is 11.3 Å². The molecule has 0 bridgehead atoms. The third kappa shape index (κ3) is 3.80. The summed E-state index contributed by atoms with van der Waals surface area (Å²) in [5.74, 6) is 6.58. The van der Waals surface area contributed by atoms with Crippen LogP contribution in [0.5, 0.6) is 0 Å². The van der Waals surface area contributed by atoms with Gasteiger partial charge in [0.1, 0.15) is 0 Å². The predicted molar refractivity (Wildman–Crippen MR) is 81.8 cm³/mol. The molecule has 1 aliphatic rings. The standard InChI is InChI=1S/C17H28N2/c1-13-10-11-14(2)16(12-13)17(19-18)15-8-6-4-3-5-7-9-15/h10-12,15,17,19H,3-9,18H2,1-2H3. The summed E-state index contributed by atoms with van der Waals surface area (Å²) in [6.45, 7) is 4.36. The normalized spacial score (nSPS) is 19.7. The van der Waals surface area contributed by atoms with Gasteiger partial charge in [-0.2, -0.15) is 0 Å². The van der Waals surface area contributed by atoms with Gasteiger partial charge in [-0.05, 0) is 43.7 Å². The summed E-state index contributed by atoms with van der Waals surface area (Å²) >= 11 is 0. The van der Waals surface area contributed by atoms with Crippen LogP contribution < -0.4 is 11.3 Å². The van der Waals surface area contributed by atoms with Crippen LogP contribution in [0.4, 0.5) is 0 Å². The van der Waals surface area contributed by atoms with Gasteiger partial charge in [0.25, 0.3) is 0 Å². The van der Waals surface area contributed by atoms with Crippen LogP contribution in [0, 0.1) is 19.8 Å². The van der Waals surface area contributed by atoms with Gasteiger partial charge in [-0.1, -0.05) is 55.9 Å². The minimum atomic E-state index is 0.318.